The summed E-state index contributed by atoms with van der Waals surface area (Å²) in [5.41, 5.74) is 4.05. The van der Waals surface area contributed by atoms with Crippen molar-refractivity contribution in [1.29, 1.82) is 0 Å². The fraction of sp³-hybridized carbons (Fsp3) is 0.118. The van der Waals surface area contributed by atoms with E-state index in [0.717, 1.165) is 16.8 Å². The summed E-state index contributed by atoms with van der Waals surface area (Å²) in [4.78, 5) is 15.3. The molecular formula is C17H15FN2O. The van der Waals surface area contributed by atoms with E-state index in [1.54, 1.807) is 12.3 Å². The number of aromatic nitrogens is 1. The van der Waals surface area contributed by atoms with E-state index in [2.05, 4.69) is 10.3 Å². The van der Waals surface area contributed by atoms with Crippen LogP contribution in [0.4, 0.5) is 10.1 Å². The molecule has 3 aromatic rings. The average Bonchev–Trinajstić information content (AvgIpc) is 2.84. The van der Waals surface area contributed by atoms with Crippen molar-refractivity contribution >= 4 is 22.5 Å². The van der Waals surface area contributed by atoms with Gasteiger partial charge >= 0.3 is 0 Å². The first-order valence-electron chi connectivity index (χ1n) is 6.70. The number of hydrogen-bond acceptors (Lipinski definition) is 1. The second-order valence-corrected chi connectivity index (χ2v) is 5.16. The van der Waals surface area contributed by atoms with E-state index in [4.69, 9.17) is 0 Å². The maximum absolute atomic E-state index is 13.2. The maximum atomic E-state index is 13.2. The number of benzene rings is 2. The van der Waals surface area contributed by atoms with Gasteiger partial charge in [0.25, 0.3) is 5.91 Å². The zero-order chi connectivity index (χ0) is 15.0. The molecule has 0 fully saturated rings. The molecule has 0 unspecified atom stereocenters. The average molecular weight is 282 g/mol. The number of anilines is 1. The highest BCUT2D eigenvalue weighted by Crippen LogP contribution is 2.22. The van der Waals surface area contributed by atoms with Gasteiger partial charge in [0.2, 0.25) is 0 Å². The number of hydrogen-bond donors (Lipinski definition) is 2. The van der Waals surface area contributed by atoms with Crippen molar-refractivity contribution in [3.8, 4) is 0 Å². The van der Waals surface area contributed by atoms with Gasteiger partial charge in [0, 0.05) is 22.8 Å². The molecule has 0 saturated heterocycles. The number of amides is 1. The van der Waals surface area contributed by atoms with Crippen LogP contribution in [-0.2, 0) is 0 Å². The fourth-order valence-corrected chi connectivity index (χ4v) is 2.43. The van der Waals surface area contributed by atoms with Gasteiger partial charge in [0.05, 0.1) is 5.56 Å². The Hall–Kier alpha value is -2.62. The van der Waals surface area contributed by atoms with Crippen molar-refractivity contribution in [1.82, 2.24) is 4.98 Å². The normalized spacial score (nSPS) is 10.8. The molecule has 1 amide bonds. The van der Waals surface area contributed by atoms with E-state index in [1.807, 2.05) is 32.0 Å². The molecule has 3 rings (SSSR count). The van der Waals surface area contributed by atoms with Crippen LogP contribution in [0.15, 0.2) is 42.6 Å². The van der Waals surface area contributed by atoms with Crippen LogP contribution >= 0.6 is 0 Å². The maximum Gasteiger partial charge on any atom is 0.257 e. The molecule has 2 N–H and O–H groups in total. The molecule has 0 aliphatic carbocycles. The quantitative estimate of drug-likeness (QED) is 0.727. The summed E-state index contributed by atoms with van der Waals surface area (Å²) >= 11 is 0. The highest BCUT2D eigenvalue weighted by atomic mass is 19.1. The van der Waals surface area contributed by atoms with Crippen LogP contribution in [0.2, 0.25) is 0 Å². The van der Waals surface area contributed by atoms with Gasteiger partial charge in [0.1, 0.15) is 5.82 Å². The Morgan fingerprint density at radius 3 is 2.71 bits per heavy atom. The van der Waals surface area contributed by atoms with Gasteiger partial charge in [-0.1, -0.05) is 17.7 Å². The fourth-order valence-electron chi connectivity index (χ4n) is 2.43. The van der Waals surface area contributed by atoms with Crippen LogP contribution in [0.5, 0.6) is 0 Å². The van der Waals surface area contributed by atoms with Crippen molar-refractivity contribution in [3.05, 3.63) is 65.1 Å². The van der Waals surface area contributed by atoms with Crippen molar-refractivity contribution in [2.24, 2.45) is 0 Å². The van der Waals surface area contributed by atoms with Gasteiger partial charge in [-0.2, -0.15) is 0 Å². The van der Waals surface area contributed by atoms with Crippen molar-refractivity contribution in [2.75, 3.05) is 5.32 Å². The standard InChI is InChI=1S/C17H15FN2O/c1-10-3-6-15(11(2)7-10)20-17(21)14-9-19-16-8-12(18)4-5-13(14)16/h3-9,19H,1-2H3,(H,20,21). The van der Waals surface area contributed by atoms with E-state index < -0.39 is 0 Å². The SMILES string of the molecule is Cc1ccc(NC(=O)c2c[nH]c3cc(F)ccc23)c(C)c1. The van der Waals surface area contributed by atoms with Gasteiger partial charge in [-0.25, -0.2) is 4.39 Å². The molecule has 4 heteroatoms. The lowest BCUT2D eigenvalue weighted by atomic mass is 10.1. The monoisotopic (exact) mass is 282 g/mol. The molecule has 0 bridgehead atoms. The molecule has 0 aliphatic rings. The molecule has 106 valence electrons. The lowest BCUT2D eigenvalue weighted by Gasteiger charge is -2.08. The number of fused-ring (bicyclic) bond motifs is 1. The number of nitrogens with one attached hydrogen (secondary N) is 2. The minimum absolute atomic E-state index is 0.209. The Morgan fingerprint density at radius 2 is 1.95 bits per heavy atom. The summed E-state index contributed by atoms with van der Waals surface area (Å²) in [6, 6.07) is 10.2. The summed E-state index contributed by atoms with van der Waals surface area (Å²) in [6.07, 6.45) is 1.60. The number of carbonyl (C=O) groups is 1. The van der Waals surface area contributed by atoms with Crippen LogP contribution in [0, 0.1) is 19.7 Å². The minimum atomic E-state index is -0.328. The van der Waals surface area contributed by atoms with E-state index in [0.29, 0.717) is 16.5 Å². The first kappa shape index (κ1) is 13.4. The molecule has 0 aliphatic heterocycles. The third kappa shape index (κ3) is 2.52. The van der Waals surface area contributed by atoms with Crippen LogP contribution in [0.3, 0.4) is 0 Å². The number of aryl methyl sites for hydroxylation is 2. The third-order valence-corrected chi connectivity index (χ3v) is 3.52. The van der Waals surface area contributed by atoms with E-state index in [9.17, 15) is 9.18 Å². The van der Waals surface area contributed by atoms with Gasteiger partial charge < -0.3 is 10.3 Å². The number of rotatable bonds is 2. The van der Waals surface area contributed by atoms with Gasteiger partial charge in [-0.05, 0) is 43.7 Å². The molecule has 1 aromatic heterocycles. The molecule has 0 spiro atoms. The summed E-state index contributed by atoms with van der Waals surface area (Å²) in [7, 11) is 0. The van der Waals surface area contributed by atoms with E-state index in [1.165, 1.54) is 12.1 Å². The Kier molecular flexibility index (Phi) is 3.22. The van der Waals surface area contributed by atoms with Crippen LogP contribution in [0.25, 0.3) is 10.9 Å². The van der Waals surface area contributed by atoms with Crippen molar-refractivity contribution < 1.29 is 9.18 Å². The summed E-state index contributed by atoms with van der Waals surface area (Å²) in [5, 5.41) is 3.60. The zero-order valence-corrected chi connectivity index (χ0v) is 11.8. The largest absolute Gasteiger partial charge is 0.360 e. The third-order valence-electron chi connectivity index (χ3n) is 3.52. The number of halogens is 1. The second kappa shape index (κ2) is 5.05. The first-order valence-corrected chi connectivity index (χ1v) is 6.70. The van der Waals surface area contributed by atoms with Gasteiger partial charge in [-0.15, -0.1) is 0 Å². The Balaban J connectivity index is 1.94. The highest BCUT2D eigenvalue weighted by Gasteiger charge is 2.13. The second-order valence-electron chi connectivity index (χ2n) is 5.16. The summed E-state index contributed by atoms with van der Waals surface area (Å²) in [5.74, 6) is -0.537. The Labute approximate surface area is 121 Å². The first-order chi connectivity index (χ1) is 10.0. The molecule has 21 heavy (non-hydrogen) atoms. The highest BCUT2D eigenvalue weighted by molar-refractivity contribution is 6.13. The number of aromatic amines is 1. The lowest BCUT2D eigenvalue weighted by molar-refractivity contribution is 0.102. The lowest BCUT2D eigenvalue weighted by Crippen LogP contribution is -2.12. The van der Waals surface area contributed by atoms with E-state index >= 15 is 0 Å². The summed E-state index contributed by atoms with van der Waals surface area (Å²) in [6.45, 7) is 3.96. The molecular weight excluding hydrogens is 267 g/mol. The Morgan fingerprint density at radius 1 is 1.14 bits per heavy atom. The van der Waals surface area contributed by atoms with Crippen LogP contribution < -0.4 is 5.32 Å². The molecule has 0 radical (unpaired) electrons. The van der Waals surface area contributed by atoms with Crippen LogP contribution in [-0.4, -0.2) is 10.9 Å². The molecule has 0 atom stereocenters. The predicted molar refractivity (Wildman–Crippen MR) is 82.1 cm³/mol. The van der Waals surface area contributed by atoms with E-state index in [-0.39, 0.29) is 11.7 Å². The van der Waals surface area contributed by atoms with Crippen molar-refractivity contribution in [2.45, 2.75) is 13.8 Å². The smallest absolute Gasteiger partial charge is 0.257 e. The minimum Gasteiger partial charge on any atom is -0.360 e. The number of carbonyl (C=O) groups excluding carboxylic acids is 1. The molecule has 1 heterocycles. The Bertz CT molecular complexity index is 836. The molecule has 2 aromatic carbocycles. The van der Waals surface area contributed by atoms with Crippen LogP contribution in [0.1, 0.15) is 21.5 Å². The molecule has 0 saturated carbocycles. The van der Waals surface area contributed by atoms with Gasteiger partial charge in [0.15, 0.2) is 0 Å². The van der Waals surface area contributed by atoms with Gasteiger partial charge in [-0.3, -0.25) is 4.79 Å². The topological polar surface area (TPSA) is 44.9 Å². The summed E-state index contributed by atoms with van der Waals surface area (Å²) < 4.78 is 13.2. The molecule has 3 nitrogen and oxygen atoms in total. The predicted octanol–water partition coefficient (Wildman–Crippen LogP) is 4.18. The van der Waals surface area contributed by atoms with Crippen molar-refractivity contribution in [3.63, 3.8) is 0 Å². The zero-order valence-electron chi connectivity index (χ0n) is 11.8. The number of H-pyrrole nitrogens is 1.